The highest BCUT2D eigenvalue weighted by atomic mass is 19.4. The number of unbranched alkanes of at least 4 members (excludes halogenated alkanes) is 1. The van der Waals surface area contributed by atoms with E-state index >= 15 is 0 Å². The number of aromatic amines is 1. The van der Waals surface area contributed by atoms with E-state index in [2.05, 4.69) is 15.3 Å². The van der Waals surface area contributed by atoms with Crippen molar-refractivity contribution in [3.63, 3.8) is 0 Å². The molecular weight excluding hydrogens is 461 g/mol. The minimum absolute atomic E-state index is 0.0325. The first-order valence-corrected chi connectivity index (χ1v) is 10.3. The molecule has 0 bridgehead atoms. The third-order valence-corrected chi connectivity index (χ3v) is 5.21. The van der Waals surface area contributed by atoms with E-state index in [1.807, 2.05) is 6.92 Å². The van der Waals surface area contributed by atoms with Crippen LogP contribution in [0.1, 0.15) is 25.3 Å². The van der Waals surface area contributed by atoms with Crippen molar-refractivity contribution in [3.05, 3.63) is 53.7 Å². The lowest BCUT2D eigenvalue weighted by atomic mass is 10.2. The quantitative estimate of drug-likeness (QED) is 0.259. The van der Waals surface area contributed by atoms with Crippen LogP contribution in [-0.4, -0.2) is 34.4 Å². The minimum Gasteiger partial charge on any atom is -0.448 e. The number of aromatic nitrogens is 3. The van der Waals surface area contributed by atoms with Gasteiger partial charge in [-0.05, 0) is 30.7 Å². The van der Waals surface area contributed by atoms with E-state index in [9.17, 15) is 26.7 Å². The van der Waals surface area contributed by atoms with Crippen LogP contribution in [0.25, 0.3) is 21.9 Å². The monoisotopic (exact) mass is 481 g/mol. The van der Waals surface area contributed by atoms with Gasteiger partial charge in [0.05, 0.1) is 34.4 Å². The van der Waals surface area contributed by atoms with Crippen LogP contribution in [0.4, 0.5) is 38.4 Å². The number of imidazole rings is 1. The summed E-state index contributed by atoms with van der Waals surface area (Å²) in [7, 11) is 1.38. The fourth-order valence-electron chi connectivity index (χ4n) is 3.45. The molecule has 0 fully saturated rings. The summed E-state index contributed by atoms with van der Waals surface area (Å²) < 4.78 is 73.5. The number of benzene rings is 2. The summed E-state index contributed by atoms with van der Waals surface area (Å²) in [6, 6.07) is 4.88. The smallest absolute Gasteiger partial charge is 0.428 e. The molecule has 2 N–H and O–H groups in total. The standard InChI is InChI=1S/C22H20F5N5O2/c1-3-4-7-34-21(33)31(2)32-19-6-5-12(22(25,26)27)8-17(19)29-20(32)30-18-11-28-16-10-15(24)14(23)9-13(16)18/h5-6,8-11,28H,3-4,7H2,1-2H3,(H,29,30). The van der Waals surface area contributed by atoms with Crippen molar-refractivity contribution < 1.29 is 31.5 Å². The van der Waals surface area contributed by atoms with Gasteiger partial charge in [-0.25, -0.2) is 28.2 Å². The predicted molar refractivity (Wildman–Crippen MR) is 117 cm³/mol. The molecular formula is C22H20F5N5O2. The van der Waals surface area contributed by atoms with Crippen molar-refractivity contribution in [3.8, 4) is 0 Å². The molecule has 4 aromatic rings. The number of carbonyl (C=O) groups is 1. The van der Waals surface area contributed by atoms with Gasteiger partial charge in [-0.2, -0.15) is 13.2 Å². The van der Waals surface area contributed by atoms with Crippen LogP contribution >= 0.6 is 0 Å². The molecule has 0 saturated heterocycles. The van der Waals surface area contributed by atoms with E-state index in [4.69, 9.17) is 4.74 Å². The van der Waals surface area contributed by atoms with Crippen LogP contribution in [0.5, 0.6) is 0 Å². The highest BCUT2D eigenvalue weighted by Gasteiger charge is 2.32. The Morgan fingerprint density at radius 2 is 1.94 bits per heavy atom. The maximum atomic E-state index is 13.8. The molecule has 1 amide bonds. The highest BCUT2D eigenvalue weighted by Crippen LogP contribution is 2.34. The summed E-state index contributed by atoms with van der Waals surface area (Å²) in [4.78, 5) is 19.6. The number of carbonyl (C=O) groups excluding carboxylic acids is 1. The number of anilines is 2. The number of nitrogens with one attached hydrogen (secondary N) is 2. The van der Waals surface area contributed by atoms with E-state index < -0.39 is 29.5 Å². The molecule has 34 heavy (non-hydrogen) atoms. The SMILES string of the molecule is CCCCOC(=O)N(C)n1c(Nc2c[nH]c3cc(F)c(F)cc23)nc2cc(C(F)(F)F)ccc21. The first-order valence-electron chi connectivity index (χ1n) is 10.3. The lowest BCUT2D eigenvalue weighted by Crippen LogP contribution is -2.37. The summed E-state index contributed by atoms with van der Waals surface area (Å²) in [6.45, 7) is 2.09. The van der Waals surface area contributed by atoms with Gasteiger partial charge in [0.15, 0.2) is 11.6 Å². The van der Waals surface area contributed by atoms with Gasteiger partial charge in [0.2, 0.25) is 5.95 Å². The first-order chi connectivity index (χ1) is 16.1. The van der Waals surface area contributed by atoms with Gasteiger partial charge < -0.3 is 15.0 Å². The summed E-state index contributed by atoms with van der Waals surface area (Å²) >= 11 is 0. The Bertz CT molecular complexity index is 1360. The second kappa shape index (κ2) is 8.84. The van der Waals surface area contributed by atoms with Crippen molar-refractivity contribution >= 4 is 39.7 Å². The van der Waals surface area contributed by atoms with E-state index in [1.165, 1.54) is 24.0 Å². The fourth-order valence-corrected chi connectivity index (χ4v) is 3.45. The molecule has 0 aliphatic rings. The van der Waals surface area contributed by atoms with Crippen molar-refractivity contribution in [1.29, 1.82) is 0 Å². The lowest BCUT2D eigenvalue weighted by molar-refractivity contribution is -0.137. The van der Waals surface area contributed by atoms with Crippen molar-refractivity contribution in [1.82, 2.24) is 14.6 Å². The number of fused-ring (bicyclic) bond motifs is 2. The maximum Gasteiger partial charge on any atom is 0.428 e. The zero-order valence-corrected chi connectivity index (χ0v) is 18.1. The summed E-state index contributed by atoms with van der Waals surface area (Å²) in [5.74, 6) is -2.15. The third-order valence-electron chi connectivity index (χ3n) is 5.21. The Morgan fingerprint density at radius 3 is 2.65 bits per heavy atom. The van der Waals surface area contributed by atoms with Gasteiger partial charge in [0.25, 0.3) is 0 Å². The van der Waals surface area contributed by atoms with E-state index in [0.717, 1.165) is 35.7 Å². The van der Waals surface area contributed by atoms with E-state index in [-0.39, 0.29) is 40.2 Å². The number of halogens is 5. The molecule has 180 valence electrons. The predicted octanol–water partition coefficient (Wildman–Crippen LogP) is 6.06. The van der Waals surface area contributed by atoms with E-state index in [0.29, 0.717) is 6.42 Å². The largest absolute Gasteiger partial charge is 0.448 e. The van der Waals surface area contributed by atoms with Crippen molar-refractivity contribution in [2.75, 3.05) is 24.0 Å². The molecule has 7 nitrogen and oxygen atoms in total. The molecule has 0 unspecified atom stereocenters. The normalized spacial score (nSPS) is 11.9. The maximum absolute atomic E-state index is 13.8. The summed E-state index contributed by atoms with van der Waals surface area (Å²) in [5.41, 5.74) is -0.191. The Morgan fingerprint density at radius 1 is 1.21 bits per heavy atom. The zero-order chi connectivity index (χ0) is 24.6. The van der Waals surface area contributed by atoms with Crippen LogP contribution in [0.2, 0.25) is 0 Å². The van der Waals surface area contributed by atoms with Gasteiger partial charge in [0.1, 0.15) is 0 Å². The van der Waals surface area contributed by atoms with Crippen LogP contribution in [0.15, 0.2) is 36.5 Å². The van der Waals surface area contributed by atoms with Gasteiger partial charge >= 0.3 is 12.3 Å². The lowest BCUT2D eigenvalue weighted by Gasteiger charge is -2.21. The Hall–Kier alpha value is -3.83. The Labute approximate surface area is 190 Å². The highest BCUT2D eigenvalue weighted by molar-refractivity contribution is 5.95. The number of nitrogens with zero attached hydrogens (tertiary/aromatic N) is 3. The Kier molecular flexibility index (Phi) is 6.07. The van der Waals surface area contributed by atoms with Crippen molar-refractivity contribution in [2.45, 2.75) is 25.9 Å². The molecule has 2 aromatic carbocycles. The molecule has 0 spiro atoms. The molecule has 12 heteroatoms. The van der Waals surface area contributed by atoms with Gasteiger partial charge in [-0.1, -0.05) is 13.3 Å². The molecule has 4 rings (SSSR count). The number of alkyl halides is 3. The summed E-state index contributed by atoms with van der Waals surface area (Å²) in [5, 5.41) is 4.24. The van der Waals surface area contributed by atoms with Gasteiger partial charge in [0, 0.05) is 24.7 Å². The molecule has 0 aliphatic carbocycles. The molecule has 2 aromatic heterocycles. The number of amides is 1. The molecule has 0 radical (unpaired) electrons. The topological polar surface area (TPSA) is 75.2 Å². The fraction of sp³-hybridized carbons (Fsp3) is 0.273. The van der Waals surface area contributed by atoms with Crippen LogP contribution in [-0.2, 0) is 10.9 Å². The van der Waals surface area contributed by atoms with Crippen LogP contribution in [0.3, 0.4) is 0 Å². The molecule has 0 aliphatic heterocycles. The molecule has 0 atom stereocenters. The second-order valence-corrected chi connectivity index (χ2v) is 7.58. The van der Waals surface area contributed by atoms with E-state index in [1.54, 1.807) is 0 Å². The number of hydrogen-bond acceptors (Lipinski definition) is 4. The third kappa shape index (κ3) is 4.35. The number of ether oxygens (including phenoxy) is 1. The molecule has 0 saturated carbocycles. The van der Waals surface area contributed by atoms with Crippen molar-refractivity contribution in [2.24, 2.45) is 0 Å². The minimum atomic E-state index is -4.59. The average Bonchev–Trinajstić information content (AvgIpc) is 3.33. The van der Waals surface area contributed by atoms with Crippen LogP contribution < -0.4 is 10.3 Å². The Balaban J connectivity index is 1.80. The number of H-pyrrole nitrogens is 1. The van der Waals surface area contributed by atoms with Gasteiger partial charge in [-0.3, -0.25) is 0 Å². The first kappa shape index (κ1) is 23.3. The molecule has 2 heterocycles. The number of hydrogen-bond donors (Lipinski definition) is 2. The second-order valence-electron chi connectivity index (χ2n) is 7.58. The van der Waals surface area contributed by atoms with Gasteiger partial charge in [-0.15, -0.1) is 0 Å². The summed E-state index contributed by atoms with van der Waals surface area (Å²) in [6.07, 6.45) is -2.47. The number of rotatable bonds is 6. The van der Waals surface area contributed by atoms with Crippen LogP contribution in [0, 0.1) is 11.6 Å². The average molecular weight is 481 g/mol. The zero-order valence-electron chi connectivity index (χ0n) is 18.1.